The molecule has 9 heteroatoms. The molecule has 176 valence electrons. The third-order valence-electron chi connectivity index (χ3n) is 5.50. The Morgan fingerprint density at radius 2 is 1.70 bits per heavy atom. The van der Waals surface area contributed by atoms with Crippen molar-refractivity contribution in [3.05, 3.63) is 65.7 Å². The minimum Gasteiger partial charge on any atom is -0.489 e. The van der Waals surface area contributed by atoms with Gasteiger partial charge in [0.05, 0.1) is 7.11 Å². The summed E-state index contributed by atoms with van der Waals surface area (Å²) in [7, 11) is 1.27. The van der Waals surface area contributed by atoms with Gasteiger partial charge in [-0.1, -0.05) is 42.5 Å². The van der Waals surface area contributed by atoms with Crippen LogP contribution in [-0.2, 0) is 22.6 Å². The van der Waals surface area contributed by atoms with Crippen molar-refractivity contribution in [2.75, 3.05) is 20.2 Å². The number of nitrogens with zero attached hydrogens (tertiary/aromatic N) is 1. The number of nitrogens with one attached hydrogen (secondary N) is 2. The van der Waals surface area contributed by atoms with Crippen LogP contribution >= 0.6 is 0 Å². The summed E-state index contributed by atoms with van der Waals surface area (Å²) in [5.74, 6) is 0.158. The molecular formula is C24H29N3O6. The van der Waals surface area contributed by atoms with E-state index in [2.05, 4.69) is 10.6 Å². The van der Waals surface area contributed by atoms with Crippen LogP contribution in [0.5, 0.6) is 5.75 Å². The molecule has 3 rings (SSSR count). The Morgan fingerprint density at radius 3 is 2.30 bits per heavy atom. The summed E-state index contributed by atoms with van der Waals surface area (Å²) in [6.07, 6.45) is 0.344. The predicted molar refractivity (Wildman–Crippen MR) is 121 cm³/mol. The van der Waals surface area contributed by atoms with Gasteiger partial charge < -0.3 is 30.1 Å². The van der Waals surface area contributed by atoms with Crippen LogP contribution in [0.15, 0.2) is 54.6 Å². The van der Waals surface area contributed by atoms with Gasteiger partial charge in [-0.05, 0) is 36.1 Å². The molecule has 0 saturated carbocycles. The molecule has 0 aromatic heterocycles. The SMILES string of the molecule is COC(=O)C(Cc1ccc(OCc2ccccc2)cc1)NC(=O)NC1CCN(C(=O)O)CC1. The largest absolute Gasteiger partial charge is 0.489 e. The van der Waals surface area contributed by atoms with E-state index in [9.17, 15) is 14.4 Å². The number of rotatable bonds is 8. The summed E-state index contributed by atoms with van der Waals surface area (Å²) < 4.78 is 10.6. The normalized spacial score (nSPS) is 14.8. The van der Waals surface area contributed by atoms with E-state index in [-0.39, 0.29) is 12.5 Å². The van der Waals surface area contributed by atoms with E-state index in [1.54, 1.807) is 0 Å². The van der Waals surface area contributed by atoms with Crippen molar-refractivity contribution in [1.82, 2.24) is 15.5 Å². The Hall–Kier alpha value is -3.75. The van der Waals surface area contributed by atoms with Crippen LogP contribution < -0.4 is 15.4 Å². The van der Waals surface area contributed by atoms with Gasteiger partial charge in [-0.2, -0.15) is 0 Å². The van der Waals surface area contributed by atoms with Crippen molar-refractivity contribution in [2.45, 2.75) is 38.0 Å². The van der Waals surface area contributed by atoms with Crippen LogP contribution in [0.25, 0.3) is 0 Å². The molecule has 2 aromatic carbocycles. The van der Waals surface area contributed by atoms with Crippen LogP contribution in [0.1, 0.15) is 24.0 Å². The quantitative estimate of drug-likeness (QED) is 0.527. The molecule has 1 aliphatic rings. The van der Waals surface area contributed by atoms with Gasteiger partial charge in [0, 0.05) is 25.6 Å². The number of benzene rings is 2. The highest BCUT2D eigenvalue weighted by atomic mass is 16.5. The summed E-state index contributed by atoms with van der Waals surface area (Å²) >= 11 is 0. The zero-order valence-corrected chi connectivity index (χ0v) is 18.5. The number of likely N-dealkylation sites (tertiary alicyclic amines) is 1. The number of carboxylic acid groups (broad SMARTS) is 1. The average molecular weight is 456 g/mol. The Morgan fingerprint density at radius 1 is 1.03 bits per heavy atom. The molecule has 1 heterocycles. The predicted octanol–water partition coefficient (Wildman–Crippen LogP) is 2.79. The second-order valence-corrected chi connectivity index (χ2v) is 7.86. The lowest BCUT2D eigenvalue weighted by molar-refractivity contribution is -0.142. The second-order valence-electron chi connectivity index (χ2n) is 7.86. The zero-order chi connectivity index (χ0) is 23.6. The standard InChI is InChI=1S/C24H29N3O6/c1-32-22(28)21(26-23(29)25-19-11-13-27(14-12-19)24(30)31)15-17-7-9-20(10-8-17)33-16-18-5-3-2-4-6-18/h2-10,19,21H,11-16H2,1H3,(H,30,31)(H2,25,26,29). The molecule has 3 N–H and O–H groups in total. The minimum absolute atomic E-state index is 0.153. The maximum Gasteiger partial charge on any atom is 0.407 e. The first-order valence-corrected chi connectivity index (χ1v) is 10.8. The van der Waals surface area contributed by atoms with Crippen molar-refractivity contribution < 1.29 is 29.0 Å². The molecule has 0 radical (unpaired) electrons. The minimum atomic E-state index is -0.958. The molecule has 2 aromatic rings. The van der Waals surface area contributed by atoms with Crippen LogP contribution in [0.4, 0.5) is 9.59 Å². The number of hydrogen-bond donors (Lipinski definition) is 3. The number of carbonyl (C=O) groups is 3. The smallest absolute Gasteiger partial charge is 0.407 e. The lowest BCUT2D eigenvalue weighted by Crippen LogP contribution is -2.52. The number of piperidine rings is 1. The molecule has 1 unspecified atom stereocenters. The number of amides is 3. The van der Waals surface area contributed by atoms with Crippen molar-refractivity contribution in [3.8, 4) is 5.75 Å². The number of urea groups is 1. The Kier molecular flexibility index (Phi) is 8.51. The molecular weight excluding hydrogens is 426 g/mol. The van der Waals surface area contributed by atoms with E-state index < -0.39 is 24.1 Å². The fourth-order valence-corrected chi connectivity index (χ4v) is 3.63. The summed E-state index contributed by atoms with van der Waals surface area (Å²) in [4.78, 5) is 37.0. The Balaban J connectivity index is 1.51. The lowest BCUT2D eigenvalue weighted by Gasteiger charge is -2.30. The molecule has 9 nitrogen and oxygen atoms in total. The highest BCUT2D eigenvalue weighted by Gasteiger charge is 2.26. The number of carbonyl (C=O) groups excluding carboxylic acids is 2. The molecule has 1 atom stereocenters. The zero-order valence-electron chi connectivity index (χ0n) is 18.5. The fourth-order valence-electron chi connectivity index (χ4n) is 3.63. The Labute approximate surface area is 192 Å². The van der Waals surface area contributed by atoms with E-state index in [4.69, 9.17) is 14.6 Å². The first-order chi connectivity index (χ1) is 15.9. The van der Waals surface area contributed by atoms with Gasteiger partial charge >= 0.3 is 18.1 Å². The van der Waals surface area contributed by atoms with Crippen LogP contribution in [0.2, 0.25) is 0 Å². The maximum absolute atomic E-state index is 12.4. The highest BCUT2D eigenvalue weighted by Crippen LogP contribution is 2.16. The molecule has 0 aliphatic carbocycles. The van der Waals surface area contributed by atoms with Gasteiger partial charge in [0.15, 0.2) is 0 Å². The van der Waals surface area contributed by atoms with Crippen molar-refractivity contribution in [3.63, 3.8) is 0 Å². The number of methoxy groups -OCH3 is 1. The number of esters is 1. The molecule has 33 heavy (non-hydrogen) atoms. The highest BCUT2D eigenvalue weighted by molar-refractivity contribution is 5.84. The van der Waals surface area contributed by atoms with E-state index in [0.29, 0.717) is 38.3 Å². The van der Waals surface area contributed by atoms with Gasteiger partial charge in [-0.15, -0.1) is 0 Å². The summed E-state index contributed by atoms with van der Waals surface area (Å²) in [6, 6.07) is 15.7. The summed E-state index contributed by atoms with van der Waals surface area (Å²) in [5.41, 5.74) is 1.91. The van der Waals surface area contributed by atoms with Crippen molar-refractivity contribution in [2.24, 2.45) is 0 Å². The first kappa shape index (κ1) is 23.9. The van der Waals surface area contributed by atoms with Crippen LogP contribution in [-0.4, -0.2) is 60.4 Å². The molecule has 0 spiro atoms. The summed E-state index contributed by atoms with van der Waals surface area (Å²) in [6.45, 7) is 1.18. The summed E-state index contributed by atoms with van der Waals surface area (Å²) in [5, 5.41) is 14.5. The van der Waals surface area contributed by atoms with Crippen LogP contribution in [0.3, 0.4) is 0 Å². The third kappa shape index (κ3) is 7.41. The van der Waals surface area contributed by atoms with Gasteiger partial charge in [-0.25, -0.2) is 14.4 Å². The van der Waals surface area contributed by atoms with Gasteiger partial charge in [0.2, 0.25) is 0 Å². The second kappa shape index (κ2) is 11.8. The molecule has 1 fully saturated rings. The monoisotopic (exact) mass is 455 g/mol. The van der Waals surface area contributed by atoms with E-state index >= 15 is 0 Å². The molecule has 1 saturated heterocycles. The first-order valence-electron chi connectivity index (χ1n) is 10.8. The molecule has 0 bridgehead atoms. The number of ether oxygens (including phenoxy) is 2. The third-order valence-corrected chi connectivity index (χ3v) is 5.50. The van der Waals surface area contributed by atoms with Gasteiger partial charge in [-0.3, -0.25) is 0 Å². The fraction of sp³-hybridized carbons (Fsp3) is 0.375. The van der Waals surface area contributed by atoms with Crippen LogP contribution in [0, 0.1) is 0 Å². The van der Waals surface area contributed by atoms with E-state index in [0.717, 1.165) is 11.1 Å². The van der Waals surface area contributed by atoms with E-state index in [1.807, 2.05) is 54.6 Å². The maximum atomic E-state index is 12.4. The molecule has 1 aliphatic heterocycles. The van der Waals surface area contributed by atoms with E-state index in [1.165, 1.54) is 12.0 Å². The average Bonchev–Trinajstić information content (AvgIpc) is 2.83. The van der Waals surface area contributed by atoms with Crippen molar-refractivity contribution >= 4 is 18.1 Å². The van der Waals surface area contributed by atoms with Gasteiger partial charge in [0.1, 0.15) is 18.4 Å². The Bertz CT molecular complexity index is 927. The lowest BCUT2D eigenvalue weighted by atomic mass is 10.0. The molecule has 3 amide bonds. The van der Waals surface area contributed by atoms with Gasteiger partial charge in [0.25, 0.3) is 0 Å². The topological polar surface area (TPSA) is 117 Å². The number of hydrogen-bond acceptors (Lipinski definition) is 5. The van der Waals surface area contributed by atoms with Crippen molar-refractivity contribution in [1.29, 1.82) is 0 Å².